The summed E-state index contributed by atoms with van der Waals surface area (Å²) in [5.41, 5.74) is 0. The Morgan fingerprint density at radius 2 is 1.44 bits per heavy atom. The fraction of sp³-hybridized carbons (Fsp3) is 0.778. The fourth-order valence-corrected chi connectivity index (χ4v) is 2.08. The Morgan fingerprint density at radius 1 is 1.00 bits per heavy atom. The van der Waals surface area contributed by atoms with Gasteiger partial charge < -0.3 is 0 Å². The highest BCUT2D eigenvalue weighted by Gasteiger charge is 2.44. The first-order chi connectivity index (χ1) is 4.29. The molecule has 0 aliphatic heterocycles. The van der Waals surface area contributed by atoms with Gasteiger partial charge in [0.15, 0.2) is 0 Å². The van der Waals surface area contributed by atoms with Gasteiger partial charge in [0.25, 0.3) is 0 Å². The first-order valence-electron chi connectivity index (χ1n) is 3.97. The third kappa shape index (κ3) is 0.726. The summed E-state index contributed by atoms with van der Waals surface area (Å²) < 4.78 is 0. The molecule has 0 nitrogen and oxygen atoms in total. The van der Waals surface area contributed by atoms with Crippen molar-refractivity contribution in [2.45, 2.75) is 20.3 Å². The summed E-state index contributed by atoms with van der Waals surface area (Å²) in [4.78, 5) is 0. The molecule has 2 aliphatic rings. The van der Waals surface area contributed by atoms with Crippen molar-refractivity contribution < 1.29 is 0 Å². The molecule has 0 spiro atoms. The Kier molecular flexibility index (Phi) is 0.992. The molecule has 4 unspecified atom stereocenters. The normalized spacial score (nSPS) is 54.9. The standard InChI is InChI=1S/C9H14/c1-6-3-4-7(2)9-5-8(6)9/h3-4,6-9H,5H2,1-2H3. The topological polar surface area (TPSA) is 0 Å². The third-order valence-corrected chi connectivity index (χ3v) is 2.96. The van der Waals surface area contributed by atoms with Crippen LogP contribution in [0.4, 0.5) is 0 Å². The van der Waals surface area contributed by atoms with Gasteiger partial charge >= 0.3 is 0 Å². The van der Waals surface area contributed by atoms with Crippen molar-refractivity contribution in [1.29, 1.82) is 0 Å². The highest BCUT2D eigenvalue weighted by atomic mass is 14.5. The molecule has 0 N–H and O–H groups in total. The van der Waals surface area contributed by atoms with Crippen LogP contribution >= 0.6 is 0 Å². The second-order valence-electron chi connectivity index (χ2n) is 3.67. The molecule has 1 fully saturated rings. The van der Waals surface area contributed by atoms with Gasteiger partial charge in [-0.15, -0.1) is 0 Å². The van der Waals surface area contributed by atoms with Crippen LogP contribution in [-0.4, -0.2) is 0 Å². The van der Waals surface area contributed by atoms with Gasteiger partial charge in [0.05, 0.1) is 0 Å². The van der Waals surface area contributed by atoms with Crippen molar-refractivity contribution in [1.82, 2.24) is 0 Å². The third-order valence-electron chi connectivity index (χ3n) is 2.96. The Bertz CT molecular complexity index is 130. The lowest BCUT2D eigenvalue weighted by Crippen LogP contribution is -2.06. The number of allylic oxidation sites excluding steroid dienone is 2. The molecule has 0 saturated heterocycles. The molecule has 9 heavy (non-hydrogen) atoms. The number of fused-ring (bicyclic) bond motifs is 1. The van der Waals surface area contributed by atoms with Crippen molar-refractivity contribution in [2.75, 3.05) is 0 Å². The lowest BCUT2D eigenvalue weighted by Gasteiger charge is -2.14. The average molecular weight is 122 g/mol. The minimum absolute atomic E-state index is 0.881. The maximum absolute atomic E-state index is 2.39. The molecule has 0 radical (unpaired) electrons. The quantitative estimate of drug-likeness (QED) is 0.433. The van der Waals surface area contributed by atoms with E-state index < -0.39 is 0 Å². The van der Waals surface area contributed by atoms with Crippen LogP contribution in [0.2, 0.25) is 0 Å². The number of hydrogen-bond donors (Lipinski definition) is 0. The Hall–Kier alpha value is -0.260. The summed E-state index contributed by atoms with van der Waals surface area (Å²) in [7, 11) is 0. The van der Waals surface area contributed by atoms with E-state index in [1.165, 1.54) is 6.42 Å². The molecular formula is C9H14. The molecule has 0 amide bonds. The fourth-order valence-electron chi connectivity index (χ4n) is 2.08. The summed E-state index contributed by atoms with van der Waals surface area (Å²) in [6.07, 6.45) is 6.27. The van der Waals surface area contributed by atoms with Crippen molar-refractivity contribution in [3.8, 4) is 0 Å². The second-order valence-corrected chi connectivity index (χ2v) is 3.67. The van der Waals surface area contributed by atoms with Gasteiger partial charge in [-0.25, -0.2) is 0 Å². The SMILES string of the molecule is CC1C=CC(C)C2CC12. The van der Waals surface area contributed by atoms with Gasteiger partial charge in [-0.2, -0.15) is 0 Å². The predicted octanol–water partition coefficient (Wildman–Crippen LogP) is 2.46. The molecule has 1 saturated carbocycles. The Balaban J connectivity index is 2.15. The zero-order valence-electron chi connectivity index (χ0n) is 6.17. The lowest BCUT2D eigenvalue weighted by molar-refractivity contribution is 0.473. The molecule has 0 aromatic heterocycles. The monoisotopic (exact) mass is 122 g/mol. The van der Waals surface area contributed by atoms with Crippen molar-refractivity contribution in [2.24, 2.45) is 23.7 Å². The van der Waals surface area contributed by atoms with Crippen LogP contribution in [0.25, 0.3) is 0 Å². The molecule has 50 valence electrons. The van der Waals surface area contributed by atoms with Crippen LogP contribution in [0.1, 0.15) is 20.3 Å². The summed E-state index contributed by atoms with van der Waals surface area (Å²) in [5, 5.41) is 0. The minimum Gasteiger partial charge on any atom is -0.0851 e. The molecular weight excluding hydrogens is 108 g/mol. The number of rotatable bonds is 0. The van der Waals surface area contributed by atoms with E-state index in [0.29, 0.717) is 0 Å². The van der Waals surface area contributed by atoms with Crippen LogP contribution < -0.4 is 0 Å². The molecule has 4 atom stereocenters. The van der Waals surface area contributed by atoms with E-state index in [4.69, 9.17) is 0 Å². The van der Waals surface area contributed by atoms with Crippen LogP contribution in [0.15, 0.2) is 12.2 Å². The number of hydrogen-bond acceptors (Lipinski definition) is 0. The molecule has 0 aromatic carbocycles. The van der Waals surface area contributed by atoms with E-state index in [-0.39, 0.29) is 0 Å². The maximum atomic E-state index is 2.39. The lowest BCUT2D eigenvalue weighted by atomic mass is 9.91. The van der Waals surface area contributed by atoms with E-state index >= 15 is 0 Å². The van der Waals surface area contributed by atoms with Gasteiger partial charge in [-0.3, -0.25) is 0 Å². The second kappa shape index (κ2) is 1.62. The first kappa shape index (κ1) is 5.52. The van der Waals surface area contributed by atoms with Gasteiger partial charge in [0.2, 0.25) is 0 Å². The van der Waals surface area contributed by atoms with Gasteiger partial charge in [0.1, 0.15) is 0 Å². The maximum Gasteiger partial charge on any atom is -0.0231 e. The van der Waals surface area contributed by atoms with Crippen molar-refractivity contribution in [3.05, 3.63) is 12.2 Å². The average Bonchev–Trinajstić information content (AvgIpc) is 2.57. The summed E-state index contributed by atoms with van der Waals surface area (Å²) >= 11 is 0. The smallest absolute Gasteiger partial charge is 0.0231 e. The Labute approximate surface area is 57.0 Å². The van der Waals surface area contributed by atoms with Crippen LogP contribution in [0.5, 0.6) is 0 Å². The highest BCUT2D eigenvalue weighted by Crippen LogP contribution is 2.52. The van der Waals surface area contributed by atoms with E-state index in [2.05, 4.69) is 26.0 Å². The molecule has 2 rings (SSSR count). The van der Waals surface area contributed by atoms with Gasteiger partial charge in [-0.05, 0) is 30.1 Å². The van der Waals surface area contributed by atoms with E-state index in [9.17, 15) is 0 Å². The molecule has 0 heteroatoms. The summed E-state index contributed by atoms with van der Waals surface area (Å²) in [5.74, 6) is 3.88. The molecule has 0 heterocycles. The highest BCUT2D eigenvalue weighted by molar-refractivity contribution is 5.10. The van der Waals surface area contributed by atoms with Crippen LogP contribution in [0, 0.1) is 23.7 Å². The van der Waals surface area contributed by atoms with Gasteiger partial charge in [-0.1, -0.05) is 26.0 Å². The van der Waals surface area contributed by atoms with E-state index in [1.54, 1.807) is 0 Å². The van der Waals surface area contributed by atoms with Crippen molar-refractivity contribution >= 4 is 0 Å². The molecule has 0 bridgehead atoms. The summed E-state index contributed by atoms with van der Waals surface area (Å²) in [6.45, 7) is 4.68. The van der Waals surface area contributed by atoms with Crippen molar-refractivity contribution in [3.63, 3.8) is 0 Å². The molecule has 2 aliphatic carbocycles. The van der Waals surface area contributed by atoms with Gasteiger partial charge in [0, 0.05) is 0 Å². The van der Waals surface area contributed by atoms with Crippen LogP contribution in [0.3, 0.4) is 0 Å². The zero-order valence-corrected chi connectivity index (χ0v) is 6.17. The summed E-state index contributed by atoms with van der Waals surface area (Å²) in [6, 6.07) is 0. The van der Waals surface area contributed by atoms with Crippen LogP contribution in [-0.2, 0) is 0 Å². The first-order valence-corrected chi connectivity index (χ1v) is 3.97. The Morgan fingerprint density at radius 3 is 1.89 bits per heavy atom. The van der Waals surface area contributed by atoms with E-state index in [0.717, 1.165) is 23.7 Å². The molecule has 0 aromatic rings. The minimum atomic E-state index is 0.881. The largest absolute Gasteiger partial charge is 0.0851 e. The zero-order chi connectivity index (χ0) is 6.43. The predicted molar refractivity (Wildman–Crippen MR) is 39.1 cm³/mol. The van der Waals surface area contributed by atoms with E-state index in [1.807, 2.05) is 0 Å².